The number of benzene rings is 1. The van der Waals surface area contributed by atoms with Crippen molar-refractivity contribution in [1.82, 2.24) is 4.90 Å². The first-order valence-corrected chi connectivity index (χ1v) is 6.32. The van der Waals surface area contributed by atoms with Crippen molar-refractivity contribution in [2.24, 2.45) is 0 Å². The van der Waals surface area contributed by atoms with Gasteiger partial charge < -0.3 is 14.6 Å². The second kappa shape index (κ2) is 6.91. The van der Waals surface area contributed by atoms with E-state index in [1.54, 1.807) is 0 Å². The van der Waals surface area contributed by atoms with Crippen LogP contribution in [0.1, 0.15) is 19.8 Å². The Labute approximate surface area is 118 Å². The Morgan fingerprint density at radius 2 is 2.25 bits per heavy atom. The van der Waals surface area contributed by atoms with Crippen molar-refractivity contribution in [2.45, 2.75) is 25.5 Å². The molecule has 0 bridgehead atoms. The summed E-state index contributed by atoms with van der Waals surface area (Å²) >= 11 is 0. The number of aliphatic hydroxyl groups is 1. The van der Waals surface area contributed by atoms with Gasteiger partial charge in [0.2, 0.25) is 0 Å². The van der Waals surface area contributed by atoms with Crippen molar-refractivity contribution in [3.8, 4) is 0 Å². The molecule has 1 heterocycles. The molecule has 0 spiro atoms. The van der Waals surface area contributed by atoms with Gasteiger partial charge in [0.25, 0.3) is 0 Å². The van der Waals surface area contributed by atoms with Gasteiger partial charge in [-0.2, -0.15) is 0 Å². The maximum Gasteiger partial charge on any atom is 0.413 e. The summed E-state index contributed by atoms with van der Waals surface area (Å²) in [7, 11) is 0. The third-order valence-corrected chi connectivity index (χ3v) is 3.00. The van der Waals surface area contributed by atoms with Crippen LogP contribution < -0.4 is 0 Å². The Morgan fingerprint density at radius 1 is 1.50 bits per heavy atom. The van der Waals surface area contributed by atoms with Gasteiger partial charge in [-0.05, 0) is 18.4 Å². The first-order chi connectivity index (χ1) is 10.1. The Balaban J connectivity index is 1.89. The van der Waals surface area contributed by atoms with Gasteiger partial charge in [-0.15, -0.1) is 0 Å². The molecule has 1 N–H and O–H groups in total. The molecule has 1 aliphatic rings. The van der Waals surface area contributed by atoms with Crippen LogP contribution in [0, 0.1) is 0 Å². The predicted molar refractivity (Wildman–Crippen MR) is 69.5 cm³/mol. The second-order valence-electron chi connectivity index (χ2n) is 4.38. The van der Waals surface area contributed by atoms with Crippen LogP contribution in [0.3, 0.4) is 0 Å². The van der Waals surface area contributed by atoms with Gasteiger partial charge >= 0.3 is 12.1 Å². The fourth-order valence-corrected chi connectivity index (χ4v) is 1.93. The molecule has 0 unspecified atom stereocenters. The summed E-state index contributed by atoms with van der Waals surface area (Å²) < 4.78 is 17.0. The fourth-order valence-electron chi connectivity index (χ4n) is 1.93. The molecule has 0 aromatic heterocycles. The van der Waals surface area contributed by atoms with E-state index in [0.717, 1.165) is 5.56 Å². The summed E-state index contributed by atoms with van der Waals surface area (Å²) in [6.45, 7) is -1.33. The van der Waals surface area contributed by atoms with Gasteiger partial charge in [0.05, 0.1) is 1.37 Å². The van der Waals surface area contributed by atoms with E-state index in [-0.39, 0.29) is 26.2 Å². The number of cyclic esters (lactones) is 1. The van der Waals surface area contributed by atoms with Gasteiger partial charge in [0, 0.05) is 6.58 Å². The smallest absolute Gasteiger partial charge is 0.413 e. The topological polar surface area (TPSA) is 76.1 Å². The standard InChI is InChI=1S/C14H17NO5/c16-8-4-7-12-13(17)20-10-15(12)14(18)19-9-11-5-2-1-3-6-11/h1-3,5-6,12,16H,4,7-10H2/t12-/m0/s1/i8D/t8-,12-. The van der Waals surface area contributed by atoms with Crippen LogP contribution in [0.4, 0.5) is 4.79 Å². The lowest BCUT2D eigenvalue weighted by atomic mass is 10.1. The molecule has 2 atom stereocenters. The summed E-state index contributed by atoms with van der Waals surface area (Å²) in [5.41, 5.74) is 0.843. The lowest BCUT2D eigenvalue weighted by molar-refractivity contribution is -0.139. The SMILES string of the molecule is [2H][C@H](O)CC[C@H]1C(=O)OCN1C(=O)OCc1ccccc1. The average Bonchev–Trinajstić information content (AvgIpc) is 2.85. The van der Waals surface area contributed by atoms with Crippen molar-refractivity contribution >= 4 is 12.1 Å². The molecule has 2 rings (SSSR count). The highest BCUT2D eigenvalue weighted by Gasteiger charge is 2.38. The quantitative estimate of drug-likeness (QED) is 0.822. The second-order valence-corrected chi connectivity index (χ2v) is 4.38. The minimum atomic E-state index is -1.28. The molecule has 1 fully saturated rings. The first kappa shape index (κ1) is 12.9. The number of rotatable bonds is 5. The molecule has 108 valence electrons. The number of carbonyl (C=O) groups is 2. The molecule has 1 amide bonds. The number of ether oxygens (including phenoxy) is 2. The van der Waals surface area contributed by atoms with Crippen molar-refractivity contribution in [3.63, 3.8) is 0 Å². The molecule has 0 aliphatic carbocycles. The third-order valence-electron chi connectivity index (χ3n) is 3.00. The number of hydrogen-bond donors (Lipinski definition) is 1. The molecule has 20 heavy (non-hydrogen) atoms. The largest absolute Gasteiger partial charge is 0.444 e. The fraction of sp³-hybridized carbons (Fsp3) is 0.429. The van der Waals surface area contributed by atoms with E-state index in [2.05, 4.69) is 0 Å². The molecule has 0 radical (unpaired) electrons. The van der Waals surface area contributed by atoms with Gasteiger partial charge in [-0.25, -0.2) is 9.59 Å². The predicted octanol–water partition coefficient (Wildman–Crippen LogP) is 1.28. The average molecular weight is 280 g/mol. The van der Waals surface area contributed by atoms with E-state index in [4.69, 9.17) is 16.0 Å². The molecule has 1 aromatic rings. The van der Waals surface area contributed by atoms with E-state index in [0.29, 0.717) is 0 Å². The highest BCUT2D eigenvalue weighted by molar-refractivity contribution is 5.83. The zero-order valence-corrected chi connectivity index (χ0v) is 10.9. The summed E-state index contributed by atoms with van der Waals surface area (Å²) in [6.07, 6.45) is -0.388. The Kier molecular flexibility index (Phi) is 4.46. The molecule has 0 saturated carbocycles. The number of esters is 1. The Hall–Kier alpha value is -2.08. The van der Waals surface area contributed by atoms with E-state index in [1.165, 1.54) is 4.90 Å². The van der Waals surface area contributed by atoms with Gasteiger partial charge in [0.1, 0.15) is 12.6 Å². The molecule has 1 aromatic carbocycles. The van der Waals surface area contributed by atoms with Crippen molar-refractivity contribution in [1.29, 1.82) is 0 Å². The van der Waals surface area contributed by atoms with Gasteiger partial charge in [-0.1, -0.05) is 30.3 Å². The van der Waals surface area contributed by atoms with Gasteiger partial charge in [-0.3, -0.25) is 4.90 Å². The van der Waals surface area contributed by atoms with Crippen LogP contribution in [-0.2, 0) is 20.9 Å². The molecular formula is C14H17NO5. The van der Waals surface area contributed by atoms with Crippen molar-refractivity contribution in [3.05, 3.63) is 35.9 Å². The van der Waals surface area contributed by atoms with E-state index in [9.17, 15) is 9.59 Å². The number of aliphatic hydroxyl groups excluding tert-OH is 1. The number of hydrogen-bond acceptors (Lipinski definition) is 5. The third kappa shape index (κ3) is 3.48. The van der Waals surface area contributed by atoms with Crippen LogP contribution in [0.2, 0.25) is 0 Å². The number of carbonyl (C=O) groups excluding carboxylic acids is 2. The highest BCUT2D eigenvalue weighted by Crippen LogP contribution is 2.18. The molecule has 6 heteroatoms. The van der Waals surface area contributed by atoms with Crippen LogP contribution in [0.25, 0.3) is 0 Å². The minimum absolute atomic E-state index is 0.0855. The Bertz CT molecular complexity index is 493. The molecular weight excluding hydrogens is 262 g/mol. The molecule has 6 nitrogen and oxygen atoms in total. The zero-order chi connectivity index (χ0) is 15.2. The van der Waals surface area contributed by atoms with Gasteiger partial charge in [0.15, 0.2) is 6.73 Å². The highest BCUT2D eigenvalue weighted by atomic mass is 16.6. The summed E-state index contributed by atoms with van der Waals surface area (Å²) in [4.78, 5) is 24.7. The van der Waals surface area contributed by atoms with Crippen LogP contribution in [0.5, 0.6) is 0 Å². The maximum absolute atomic E-state index is 12.0. The maximum atomic E-state index is 12.0. The van der Waals surface area contributed by atoms with Crippen LogP contribution >= 0.6 is 0 Å². The lowest BCUT2D eigenvalue weighted by Gasteiger charge is -2.19. The van der Waals surface area contributed by atoms with Crippen LogP contribution in [-0.4, -0.2) is 41.4 Å². The summed E-state index contributed by atoms with van der Waals surface area (Å²) in [5, 5.41) is 8.96. The summed E-state index contributed by atoms with van der Waals surface area (Å²) in [6, 6.07) is 8.39. The monoisotopic (exact) mass is 280 g/mol. The lowest BCUT2D eigenvalue weighted by Crippen LogP contribution is -2.38. The zero-order valence-electron chi connectivity index (χ0n) is 11.9. The first-order valence-electron chi connectivity index (χ1n) is 6.90. The van der Waals surface area contributed by atoms with E-state index >= 15 is 0 Å². The van der Waals surface area contributed by atoms with Crippen LogP contribution in [0.15, 0.2) is 30.3 Å². The number of nitrogens with zero attached hydrogens (tertiary/aromatic N) is 1. The molecule has 1 aliphatic heterocycles. The normalized spacial score (nSPS) is 20.2. The van der Waals surface area contributed by atoms with E-state index in [1.807, 2.05) is 30.3 Å². The summed E-state index contributed by atoms with van der Waals surface area (Å²) in [5.74, 6) is -0.535. The molecule has 1 saturated heterocycles. The minimum Gasteiger partial charge on any atom is -0.444 e. The Morgan fingerprint density at radius 3 is 2.95 bits per heavy atom. The number of amides is 1. The van der Waals surface area contributed by atoms with Crippen molar-refractivity contribution < 1.29 is 25.5 Å². The van der Waals surface area contributed by atoms with Crippen molar-refractivity contribution in [2.75, 3.05) is 13.3 Å². The van der Waals surface area contributed by atoms with E-state index < -0.39 is 24.7 Å².